The van der Waals surface area contributed by atoms with Crippen molar-refractivity contribution in [2.75, 3.05) is 6.54 Å². The van der Waals surface area contributed by atoms with Gasteiger partial charge in [-0.1, -0.05) is 19.3 Å². The maximum Gasteiger partial charge on any atom is 0.260 e. The molecule has 5 nitrogen and oxygen atoms in total. The Balaban J connectivity index is 1.83. The zero-order valence-corrected chi connectivity index (χ0v) is 11.9. The predicted molar refractivity (Wildman–Crippen MR) is 72.1 cm³/mol. The SMILES string of the molecule is O=S(=O)(c1cnc[nH]1)N1CCCC1C1CCCCC1. The van der Waals surface area contributed by atoms with E-state index in [2.05, 4.69) is 9.97 Å². The average molecular weight is 283 g/mol. The van der Waals surface area contributed by atoms with E-state index in [1.54, 1.807) is 4.31 Å². The van der Waals surface area contributed by atoms with Crippen LogP contribution in [-0.4, -0.2) is 35.3 Å². The number of rotatable bonds is 3. The van der Waals surface area contributed by atoms with Gasteiger partial charge in [0, 0.05) is 12.6 Å². The van der Waals surface area contributed by atoms with Crippen LogP contribution in [-0.2, 0) is 10.0 Å². The summed E-state index contributed by atoms with van der Waals surface area (Å²) in [5.74, 6) is 0.550. The van der Waals surface area contributed by atoms with E-state index in [1.807, 2.05) is 0 Å². The number of nitrogens with zero attached hydrogens (tertiary/aromatic N) is 2. The van der Waals surface area contributed by atoms with Crippen molar-refractivity contribution in [1.82, 2.24) is 14.3 Å². The zero-order chi connectivity index (χ0) is 13.3. The first-order valence-electron chi connectivity index (χ1n) is 7.20. The number of hydrogen-bond donors (Lipinski definition) is 1. The molecule has 2 heterocycles. The van der Waals surface area contributed by atoms with Crippen LogP contribution in [0.15, 0.2) is 17.6 Å². The normalized spacial score (nSPS) is 26.8. The lowest BCUT2D eigenvalue weighted by atomic mass is 9.83. The highest BCUT2D eigenvalue weighted by Crippen LogP contribution is 2.36. The highest BCUT2D eigenvalue weighted by molar-refractivity contribution is 7.89. The van der Waals surface area contributed by atoms with Gasteiger partial charge >= 0.3 is 0 Å². The van der Waals surface area contributed by atoms with Crippen molar-refractivity contribution in [2.24, 2.45) is 5.92 Å². The second-order valence-electron chi connectivity index (χ2n) is 5.64. The molecule has 1 saturated heterocycles. The molecule has 0 amide bonds. The molecule has 1 aliphatic carbocycles. The molecule has 3 rings (SSSR count). The molecule has 0 radical (unpaired) electrons. The lowest BCUT2D eigenvalue weighted by molar-refractivity contribution is 0.226. The third kappa shape index (κ3) is 2.43. The number of hydrogen-bond acceptors (Lipinski definition) is 3. The van der Waals surface area contributed by atoms with E-state index < -0.39 is 10.0 Å². The number of imidazole rings is 1. The van der Waals surface area contributed by atoms with Crippen molar-refractivity contribution in [2.45, 2.75) is 56.0 Å². The van der Waals surface area contributed by atoms with Gasteiger partial charge < -0.3 is 4.98 Å². The molecule has 1 aromatic rings. The van der Waals surface area contributed by atoms with Crippen LogP contribution in [0.5, 0.6) is 0 Å². The molecule has 1 N–H and O–H groups in total. The Bertz CT molecular complexity index is 506. The van der Waals surface area contributed by atoms with Crippen molar-refractivity contribution in [3.63, 3.8) is 0 Å². The Labute approximate surface area is 114 Å². The molecule has 1 aliphatic heterocycles. The summed E-state index contributed by atoms with van der Waals surface area (Å²) in [6.45, 7) is 0.655. The Morgan fingerprint density at radius 3 is 2.63 bits per heavy atom. The predicted octanol–water partition coefficient (Wildman–Crippen LogP) is 2.14. The second kappa shape index (κ2) is 5.25. The third-order valence-corrected chi connectivity index (χ3v) is 6.35. The lowest BCUT2D eigenvalue weighted by Gasteiger charge is -2.33. The van der Waals surface area contributed by atoms with Gasteiger partial charge in [0.1, 0.15) is 0 Å². The number of nitrogens with one attached hydrogen (secondary N) is 1. The largest absolute Gasteiger partial charge is 0.335 e. The van der Waals surface area contributed by atoms with Crippen LogP contribution in [0.3, 0.4) is 0 Å². The van der Waals surface area contributed by atoms with Gasteiger partial charge in [0.2, 0.25) is 0 Å². The molecule has 0 spiro atoms. The first kappa shape index (κ1) is 13.1. The molecule has 1 atom stereocenters. The van der Waals surface area contributed by atoms with Crippen LogP contribution < -0.4 is 0 Å². The van der Waals surface area contributed by atoms with E-state index in [4.69, 9.17) is 0 Å². The van der Waals surface area contributed by atoms with Crippen molar-refractivity contribution in [3.05, 3.63) is 12.5 Å². The van der Waals surface area contributed by atoms with Gasteiger partial charge in [-0.15, -0.1) is 0 Å². The van der Waals surface area contributed by atoms with Crippen LogP contribution in [0, 0.1) is 5.92 Å². The Kier molecular flexibility index (Phi) is 3.62. The maximum atomic E-state index is 12.6. The number of H-pyrrole nitrogens is 1. The molecule has 1 aromatic heterocycles. The van der Waals surface area contributed by atoms with Crippen LogP contribution in [0.1, 0.15) is 44.9 Å². The van der Waals surface area contributed by atoms with Crippen molar-refractivity contribution in [1.29, 1.82) is 0 Å². The van der Waals surface area contributed by atoms with Gasteiger partial charge in [0.05, 0.1) is 12.5 Å². The standard InChI is InChI=1S/C13H21N3O2S/c17-19(18,13-9-14-10-15-13)16-8-4-7-12(16)11-5-2-1-3-6-11/h9-12H,1-8H2,(H,14,15). The summed E-state index contributed by atoms with van der Waals surface area (Å²) >= 11 is 0. The van der Waals surface area contributed by atoms with Gasteiger partial charge in [0.25, 0.3) is 10.0 Å². The molecule has 2 aliphatic rings. The van der Waals surface area contributed by atoms with Crippen molar-refractivity contribution < 1.29 is 8.42 Å². The molecular formula is C13H21N3O2S. The molecule has 1 saturated carbocycles. The van der Waals surface area contributed by atoms with Gasteiger partial charge in [-0.2, -0.15) is 4.31 Å². The third-order valence-electron chi connectivity index (χ3n) is 4.50. The van der Waals surface area contributed by atoms with E-state index in [9.17, 15) is 8.42 Å². The Morgan fingerprint density at radius 1 is 1.16 bits per heavy atom. The quantitative estimate of drug-likeness (QED) is 0.924. The zero-order valence-electron chi connectivity index (χ0n) is 11.1. The number of aromatic amines is 1. The second-order valence-corrected chi connectivity index (χ2v) is 7.50. The Morgan fingerprint density at radius 2 is 1.95 bits per heavy atom. The molecule has 1 unspecified atom stereocenters. The van der Waals surface area contributed by atoms with E-state index >= 15 is 0 Å². The fourth-order valence-corrected chi connectivity index (χ4v) is 5.22. The van der Waals surface area contributed by atoms with Gasteiger partial charge in [0.15, 0.2) is 5.03 Å². The first-order chi connectivity index (χ1) is 9.19. The molecule has 19 heavy (non-hydrogen) atoms. The van der Waals surface area contributed by atoms with E-state index in [-0.39, 0.29) is 11.1 Å². The van der Waals surface area contributed by atoms with Crippen molar-refractivity contribution in [3.8, 4) is 0 Å². The Hall–Kier alpha value is -0.880. The smallest absolute Gasteiger partial charge is 0.260 e. The van der Waals surface area contributed by atoms with E-state index in [0.29, 0.717) is 12.5 Å². The van der Waals surface area contributed by atoms with Crippen molar-refractivity contribution >= 4 is 10.0 Å². The highest BCUT2D eigenvalue weighted by atomic mass is 32.2. The van der Waals surface area contributed by atoms with E-state index in [1.165, 1.54) is 44.6 Å². The number of aromatic nitrogens is 2. The molecule has 106 valence electrons. The monoisotopic (exact) mass is 283 g/mol. The van der Waals surface area contributed by atoms with Crippen LogP contribution in [0.25, 0.3) is 0 Å². The van der Waals surface area contributed by atoms with Crippen LogP contribution in [0.4, 0.5) is 0 Å². The van der Waals surface area contributed by atoms with Crippen LogP contribution in [0.2, 0.25) is 0 Å². The number of sulfonamides is 1. The maximum absolute atomic E-state index is 12.6. The van der Waals surface area contributed by atoms with Gasteiger partial charge in [-0.25, -0.2) is 13.4 Å². The molecule has 0 bridgehead atoms. The first-order valence-corrected chi connectivity index (χ1v) is 8.64. The summed E-state index contributed by atoms with van der Waals surface area (Å²) in [5.41, 5.74) is 0. The summed E-state index contributed by atoms with van der Waals surface area (Å²) in [4.78, 5) is 6.57. The summed E-state index contributed by atoms with van der Waals surface area (Å²) in [7, 11) is -3.38. The molecule has 0 aromatic carbocycles. The van der Waals surface area contributed by atoms with E-state index in [0.717, 1.165) is 12.8 Å². The summed E-state index contributed by atoms with van der Waals surface area (Å²) in [6.07, 6.45) is 11.0. The summed E-state index contributed by atoms with van der Waals surface area (Å²) in [6, 6.07) is 0.202. The molecule has 6 heteroatoms. The summed E-state index contributed by atoms with van der Waals surface area (Å²) in [5, 5.41) is 0.232. The summed E-state index contributed by atoms with van der Waals surface area (Å²) < 4.78 is 26.9. The minimum absolute atomic E-state index is 0.202. The minimum atomic E-state index is -3.38. The van der Waals surface area contributed by atoms with Gasteiger partial charge in [-0.3, -0.25) is 0 Å². The van der Waals surface area contributed by atoms with Gasteiger partial charge in [-0.05, 0) is 31.6 Å². The lowest BCUT2D eigenvalue weighted by Crippen LogP contribution is -2.40. The molecular weight excluding hydrogens is 262 g/mol. The molecule has 2 fully saturated rings. The minimum Gasteiger partial charge on any atom is -0.335 e. The fourth-order valence-electron chi connectivity index (χ4n) is 3.56. The van der Waals surface area contributed by atoms with Crippen LogP contribution >= 0.6 is 0 Å². The average Bonchev–Trinajstić information content (AvgIpc) is 3.11. The highest BCUT2D eigenvalue weighted by Gasteiger charge is 2.40. The fraction of sp³-hybridized carbons (Fsp3) is 0.769. The topological polar surface area (TPSA) is 66.1 Å².